The first kappa shape index (κ1) is 20.6. The molecule has 0 aromatic heterocycles. The molecule has 2 bridgehead atoms. The molecule has 170 valence electrons. The zero-order chi connectivity index (χ0) is 23.6. The number of urea groups is 1. The molecule has 1 spiro atoms. The van der Waals surface area contributed by atoms with Gasteiger partial charge in [0, 0.05) is 17.9 Å². The van der Waals surface area contributed by atoms with Crippen LogP contribution in [0.1, 0.15) is 5.56 Å². The fourth-order valence-corrected chi connectivity index (χ4v) is 5.86. The smallest absolute Gasteiger partial charge is 0.293 e. The maximum absolute atomic E-state index is 14.0. The van der Waals surface area contributed by atoms with Crippen molar-refractivity contribution < 1.29 is 23.8 Å². The molecule has 9 nitrogen and oxygen atoms in total. The second-order valence-electron chi connectivity index (χ2n) is 9.13. The van der Waals surface area contributed by atoms with Crippen molar-refractivity contribution in [3.63, 3.8) is 0 Å². The molecule has 6 rings (SSSR count). The van der Waals surface area contributed by atoms with Gasteiger partial charge in [-0.1, -0.05) is 48.5 Å². The number of ketones is 1. The van der Waals surface area contributed by atoms with Crippen LogP contribution in [0.4, 0.5) is 16.2 Å². The minimum Gasteiger partial charge on any atom is -0.293 e. The Morgan fingerprint density at radius 1 is 0.971 bits per heavy atom. The second-order valence-corrected chi connectivity index (χ2v) is 9.13. The molecule has 34 heavy (non-hydrogen) atoms. The Hall–Kier alpha value is -3.95. The number of quaternary nitrogens is 1. The number of amides is 3. The number of benzene rings is 3. The molecule has 4 unspecified atom stereocenters. The number of imide groups is 1. The molecule has 3 amide bonds. The van der Waals surface area contributed by atoms with Gasteiger partial charge in [0.15, 0.2) is 17.9 Å². The number of nitrogens with zero attached hydrogens (tertiary/aromatic N) is 4. The Kier molecular flexibility index (Phi) is 4.42. The Morgan fingerprint density at radius 2 is 1.68 bits per heavy atom. The molecule has 0 radical (unpaired) electrons. The maximum atomic E-state index is 14.0. The van der Waals surface area contributed by atoms with E-state index in [9.17, 15) is 24.5 Å². The summed E-state index contributed by atoms with van der Waals surface area (Å²) < 4.78 is -0.212. The zero-order valence-electron chi connectivity index (χ0n) is 18.2. The van der Waals surface area contributed by atoms with Crippen molar-refractivity contribution in [3.05, 3.63) is 82.4 Å². The van der Waals surface area contributed by atoms with Crippen LogP contribution in [-0.2, 0) is 16.0 Å². The lowest BCUT2D eigenvalue weighted by atomic mass is 9.99. The zero-order valence-corrected chi connectivity index (χ0v) is 18.2. The topological polar surface area (TPSA) is 101 Å². The van der Waals surface area contributed by atoms with Gasteiger partial charge in [-0.2, -0.15) is 4.90 Å². The number of piperazine rings is 1. The van der Waals surface area contributed by atoms with Crippen LogP contribution < -0.4 is 4.90 Å². The van der Waals surface area contributed by atoms with Crippen LogP contribution in [0.2, 0.25) is 0 Å². The van der Waals surface area contributed by atoms with Gasteiger partial charge >= 0.3 is 6.03 Å². The van der Waals surface area contributed by atoms with E-state index in [-0.39, 0.29) is 28.3 Å². The monoisotopic (exact) mass is 457 g/mol. The number of carbonyl (C=O) groups excluding carboxylic acids is 3. The molecule has 3 saturated heterocycles. The van der Waals surface area contributed by atoms with Crippen LogP contribution in [0.3, 0.4) is 0 Å². The summed E-state index contributed by atoms with van der Waals surface area (Å²) in [5.41, 5.74) is 1.11. The van der Waals surface area contributed by atoms with E-state index in [1.807, 2.05) is 35.2 Å². The first-order valence-corrected chi connectivity index (χ1v) is 11.1. The molecule has 3 aromatic rings. The minimum atomic E-state index is -0.653. The molecule has 3 aromatic carbocycles. The number of rotatable bonds is 5. The number of nitro benzene ring substituents is 1. The number of fused-ring (bicyclic) bond motifs is 2. The molecule has 3 aliphatic rings. The highest BCUT2D eigenvalue weighted by Crippen LogP contribution is 2.45. The first-order valence-electron chi connectivity index (χ1n) is 11.1. The van der Waals surface area contributed by atoms with E-state index >= 15 is 0 Å². The summed E-state index contributed by atoms with van der Waals surface area (Å²) in [5, 5.41) is 12.3. The van der Waals surface area contributed by atoms with Crippen LogP contribution >= 0.6 is 0 Å². The van der Waals surface area contributed by atoms with E-state index in [0.717, 1.165) is 10.5 Å². The molecule has 4 atom stereocenters. The highest BCUT2D eigenvalue weighted by atomic mass is 16.6. The van der Waals surface area contributed by atoms with Gasteiger partial charge < -0.3 is 0 Å². The Balaban J connectivity index is 1.42. The maximum Gasteiger partial charge on any atom is 0.433 e. The highest BCUT2D eigenvalue weighted by Gasteiger charge is 2.73. The third-order valence-electron chi connectivity index (χ3n) is 7.37. The lowest BCUT2D eigenvalue weighted by molar-refractivity contribution is -0.852. The molecule has 0 aliphatic carbocycles. The van der Waals surface area contributed by atoms with Gasteiger partial charge in [0.25, 0.3) is 11.6 Å². The fourth-order valence-electron chi connectivity index (χ4n) is 5.86. The lowest BCUT2D eigenvalue weighted by Crippen LogP contribution is -2.62. The molecule has 3 fully saturated rings. The van der Waals surface area contributed by atoms with Crippen molar-refractivity contribution in [3.8, 4) is 0 Å². The van der Waals surface area contributed by atoms with Gasteiger partial charge in [-0.15, -0.1) is 0 Å². The molecular weight excluding hydrogens is 436 g/mol. The van der Waals surface area contributed by atoms with E-state index in [4.69, 9.17) is 0 Å². The second kappa shape index (κ2) is 7.28. The normalized spacial score (nSPS) is 27.4. The standard InChI is InChI=1S/C25H21N4O5/c30-23(12-16-6-2-1-3-7-16)21-13-26-14-22-24(31)27(25(32)29(21,22)15-26)19-10-11-20(28(33)34)18-9-5-4-8-17(18)19/h1-11,21-22H,12-15H2/q+1. The van der Waals surface area contributed by atoms with E-state index in [1.165, 1.54) is 12.1 Å². The molecular formula is C25H21N4O5+. The number of Topliss-reactive ketones (excluding diaryl/α,β-unsaturated/α-hetero) is 1. The van der Waals surface area contributed by atoms with E-state index in [1.54, 1.807) is 24.3 Å². The quantitative estimate of drug-likeness (QED) is 0.253. The average Bonchev–Trinajstić information content (AvgIpc) is 3.47. The number of carbonyl (C=O) groups is 3. The largest absolute Gasteiger partial charge is 0.433 e. The van der Waals surface area contributed by atoms with Crippen molar-refractivity contribution in [1.82, 2.24) is 4.90 Å². The molecule has 3 aliphatic heterocycles. The van der Waals surface area contributed by atoms with Gasteiger partial charge in [-0.3, -0.25) is 19.7 Å². The summed E-state index contributed by atoms with van der Waals surface area (Å²) >= 11 is 0. The van der Waals surface area contributed by atoms with E-state index in [0.29, 0.717) is 36.2 Å². The van der Waals surface area contributed by atoms with Gasteiger partial charge in [0.2, 0.25) is 0 Å². The summed E-state index contributed by atoms with van der Waals surface area (Å²) in [5.74, 6) is -0.418. The lowest BCUT2D eigenvalue weighted by Gasteiger charge is -2.32. The van der Waals surface area contributed by atoms with Crippen LogP contribution in [-0.4, -0.2) is 63.9 Å². The summed E-state index contributed by atoms with van der Waals surface area (Å²) in [4.78, 5) is 55.1. The fraction of sp³-hybridized carbons (Fsp3) is 0.240. The van der Waals surface area contributed by atoms with E-state index in [2.05, 4.69) is 0 Å². The van der Waals surface area contributed by atoms with Crippen molar-refractivity contribution in [1.29, 1.82) is 0 Å². The predicted octanol–water partition coefficient (Wildman–Crippen LogP) is 2.87. The number of non-ortho nitro benzene ring substituents is 1. The van der Waals surface area contributed by atoms with Gasteiger partial charge in [-0.25, -0.2) is 14.2 Å². The van der Waals surface area contributed by atoms with Crippen molar-refractivity contribution in [2.24, 2.45) is 0 Å². The SMILES string of the molecule is O=C(Cc1ccccc1)C1CN2CC3C(=O)N(c4ccc([N+](=O)[O-])c5ccccc45)C(=O)[N+]13C2. The number of hydrogen-bond donors (Lipinski definition) is 0. The van der Waals surface area contributed by atoms with Crippen LogP contribution in [0, 0.1) is 10.1 Å². The predicted molar refractivity (Wildman–Crippen MR) is 123 cm³/mol. The first-order chi connectivity index (χ1) is 16.4. The number of hydrogen-bond acceptors (Lipinski definition) is 6. The van der Waals surface area contributed by atoms with Crippen LogP contribution in [0.15, 0.2) is 66.7 Å². The third kappa shape index (κ3) is 2.71. The molecule has 3 heterocycles. The summed E-state index contributed by atoms with van der Waals surface area (Å²) in [6.07, 6.45) is 0.202. The number of anilines is 1. The van der Waals surface area contributed by atoms with Crippen molar-refractivity contribution >= 4 is 39.9 Å². The van der Waals surface area contributed by atoms with E-state index < -0.39 is 23.0 Å². The highest BCUT2D eigenvalue weighted by molar-refractivity contribution is 6.22. The van der Waals surface area contributed by atoms with Gasteiger partial charge in [-0.05, 0) is 17.7 Å². The summed E-state index contributed by atoms with van der Waals surface area (Å²) in [6.45, 7) is 1.18. The average molecular weight is 457 g/mol. The van der Waals surface area contributed by atoms with Crippen molar-refractivity contribution in [2.45, 2.75) is 18.5 Å². The summed E-state index contributed by atoms with van der Waals surface area (Å²) in [6, 6.07) is 17.2. The Labute approximate surface area is 194 Å². The number of nitro groups is 1. The Bertz CT molecular complexity index is 1390. The van der Waals surface area contributed by atoms with Crippen LogP contribution in [0.25, 0.3) is 10.8 Å². The van der Waals surface area contributed by atoms with Crippen molar-refractivity contribution in [2.75, 3.05) is 24.7 Å². The molecule has 0 N–H and O–H groups in total. The summed E-state index contributed by atoms with van der Waals surface area (Å²) in [7, 11) is 0. The molecule has 0 saturated carbocycles. The van der Waals surface area contributed by atoms with Crippen LogP contribution in [0.5, 0.6) is 0 Å². The third-order valence-corrected chi connectivity index (χ3v) is 7.37. The van der Waals surface area contributed by atoms with Gasteiger partial charge in [0.05, 0.1) is 29.1 Å². The minimum absolute atomic E-state index is 0.0602. The Morgan fingerprint density at radius 3 is 2.41 bits per heavy atom. The molecule has 9 heteroatoms. The van der Waals surface area contributed by atoms with Gasteiger partial charge in [0.1, 0.15) is 6.67 Å².